The molecule has 294 valence electrons. The zero-order chi connectivity index (χ0) is 41.6. The first kappa shape index (κ1) is 37.3. The van der Waals surface area contributed by atoms with Crippen LogP contribution in [-0.4, -0.2) is 0 Å². The highest BCUT2D eigenvalue weighted by molar-refractivity contribution is 5.98. The first-order valence-electron chi connectivity index (χ1n) is 21.6. The van der Waals surface area contributed by atoms with Gasteiger partial charge in [-0.2, -0.15) is 0 Å². The van der Waals surface area contributed by atoms with Crippen molar-refractivity contribution >= 4 is 27.8 Å². The number of benzene rings is 10. The molecule has 0 fully saturated rings. The van der Waals surface area contributed by atoms with Crippen LogP contribution in [0.25, 0.3) is 77.5 Å². The summed E-state index contributed by atoms with van der Waals surface area (Å²) in [5.74, 6) is 0. The zero-order valence-corrected chi connectivity index (χ0v) is 35.0. The van der Waals surface area contributed by atoms with Crippen molar-refractivity contribution < 1.29 is 0 Å². The summed E-state index contributed by atoms with van der Waals surface area (Å²) in [4.78, 5) is 2.41. The summed E-state index contributed by atoms with van der Waals surface area (Å²) in [5, 5.41) is 2.55. The molecular weight excluding hydrogens is 747 g/mol. The highest BCUT2D eigenvalue weighted by atomic mass is 15.1. The molecule has 62 heavy (non-hydrogen) atoms. The zero-order valence-electron chi connectivity index (χ0n) is 35.0. The van der Waals surface area contributed by atoms with Crippen LogP contribution in [0, 0.1) is 0 Å². The first-order valence-corrected chi connectivity index (χ1v) is 21.6. The van der Waals surface area contributed by atoms with Crippen molar-refractivity contribution in [2.75, 3.05) is 4.90 Å². The lowest BCUT2D eigenvalue weighted by Crippen LogP contribution is -2.16. The van der Waals surface area contributed by atoms with E-state index in [0.29, 0.717) is 0 Å². The van der Waals surface area contributed by atoms with Crippen LogP contribution in [-0.2, 0) is 5.41 Å². The number of fused-ring (bicyclic) bond motifs is 4. The van der Waals surface area contributed by atoms with Gasteiger partial charge in [0.05, 0.1) is 0 Å². The Morgan fingerprint density at radius 1 is 0.274 bits per heavy atom. The monoisotopic (exact) mass is 791 g/mol. The van der Waals surface area contributed by atoms with E-state index >= 15 is 0 Å². The predicted octanol–water partition coefficient (Wildman–Crippen LogP) is 17.0. The molecule has 0 unspecified atom stereocenters. The normalized spacial score (nSPS) is 12.5. The van der Waals surface area contributed by atoms with E-state index in [-0.39, 0.29) is 5.41 Å². The summed E-state index contributed by atoms with van der Waals surface area (Å²) in [6, 6.07) is 86.5. The third-order valence-electron chi connectivity index (χ3n) is 12.9. The van der Waals surface area contributed by atoms with Crippen molar-refractivity contribution in [2.24, 2.45) is 0 Å². The molecule has 0 saturated heterocycles. The van der Waals surface area contributed by atoms with Crippen molar-refractivity contribution in [3.63, 3.8) is 0 Å². The summed E-state index contributed by atoms with van der Waals surface area (Å²) in [7, 11) is 0. The van der Waals surface area contributed by atoms with Gasteiger partial charge in [0.15, 0.2) is 0 Å². The maximum atomic E-state index is 2.44. The van der Waals surface area contributed by atoms with E-state index in [9.17, 15) is 0 Å². The van der Waals surface area contributed by atoms with Crippen LogP contribution in [0.4, 0.5) is 17.1 Å². The maximum Gasteiger partial charge on any atom is 0.0465 e. The number of anilines is 3. The maximum absolute atomic E-state index is 2.44. The Kier molecular flexibility index (Phi) is 9.24. The van der Waals surface area contributed by atoms with Crippen LogP contribution in [0.1, 0.15) is 25.0 Å². The minimum absolute atomic E-state index is 0.198. The van der Waals surface area contributed by atoms with E-state index in [4.69, 9.17) is 0 Å². The van der Waals surface area contributed by atoms with Crippen LogP contribution in [0.3, 0.4) is 0 Å². The minimum atomic E-state index is -0.198. The molecule has 1 aliphatic rings. The highest BCUT2D eigenvalue weighted by Crippen LogP contribution is 2.52. The minimum Gasteiger partial charge on any atom is -0.310 e. The molecule has 0 spiro atoms. The van der Waals surface area contributed by atoms with E-state index in [0.717, 1.165) is 17.1 Å². The molecule has 0 bridgehead atoms. The average molecular weight is 792 g/mol. The van der Waals surface area contributed by atoms with Crippen molar-refractivity contribution in [3.05, 3.63) is 248 Å². The second-order valence-electron chi connectivity index (χ2n) is 17.0. The van der Waals surface area contributed by atoms with Gasteiger partial charge >= 0.3 is 0 Å². The van der Waals surface area contributed by atoms with Crippen LogP contribution < -0.4 is 4.90 Å². The van der Waals surface area contributed by atoms with Gasteiger partial charge in [0, 0.05) is 22.5 Å². The highest BCUT2D eigenvalue weighted by Gasteiger charge is 2.36. The van der Waals surface area contributed by atoms with Gasteiger partial charge in [0.25, 0.3) is 0 Å². The van der Waals surface area contributed by atoms with Gasteiger partial charge in [-0.05, 0) is 137 Å². The van der Waals surface area contributed by atoms with Gasteiger partial charge in [0.1, 0.15) is 0 Å². The lowest BCUT2D eigenvalue weighted by Gasteiger charge is -2.28. The van der Waals surface area contributed by atoms with Gasteiger partial charge < -0.3 is 4.90 Å². The number of nitrogens with zero attached hydrogens (tertiary/aromatic N) is 1. The molecule has 0 heterocycles. The molecule has 1 nitrogen and oxygen atoms in total. The van der Waals surface area contributed by atoms with Gasteiger partial charge in [0.2, 0.25) is 0 Å². The Hall–Kier alpha value is -7.74. The molecule has 1 heteroatoms. The average Bonchev–Trinajstić information content (AvgIpc) is 3.57. The van der Waals surface area contributed by atoms with Gasteiger partial charge in [-0.1, -0.05) is 202 Å². The fourth-order valence-electron chi connectivity index (χ4n) is 9.56. The molecular formula is C61H45N. The molecule has 11 rings (SSSR count). The standard InChI is InChI=1S/C61H45N/c1-61(2)59-40-51(56-22-12-18-48-17-9-10-21-55(48)56)31-37-57(59)58-38-36-54(41-60(58)61)62(52-32-27-46(28-33-52)45-25-23-44(24-26-45)42-13-5-3-6-14-42)53-34-29-47(30-35-53)50-20-11-19-49(39-50)43-15-7-4-8-16-43/h3-41H,1-2H3. The third-order valence-corrected chi connectivity index (χ3v) is 12.9. The fraction of sp³-hybridized carbons (Fsp3) is 0.0492. The van der Waals surface area contributed by atoms with E-state index < -0.39 is 0 Å². The van der Waals surface area contributed by atoms with Gasteiger partial charge in [-0.3, -0.25) is 0 Å². The van der Waals surface area contributed by atoms with Crippen molar-refractivity contribution in [1.29, 1.82) is 0 Å². The Morgan fingerprint density at radius 3 is 1.29 bits per heavy atom. The number of rotatable bonds is 8. The molecule has 0 N–H and O–H groups in total. The van der Waals surface area contributed by atoms with E-state index in [1.807, 2.05) is 0 Å². The summed E-state index contributed by atoms with van der Waals surface area (Å²) in [6.45, 7) is 4.77. The molecule has 0 saturated carbocycles. The van der Waals surface area contributed by atoms with E-state index in [1.54, 1.807) is 0 Å². The van der Waals surface area contributed by atoms with Gasteiger partial charge in [-0.15, -0.1) is 0 Å². The molecule has 0 aromatic heterocycles. The fourth-order valence-corrected chi connectivity index (χ4v) is 9.56. The molecule has 0 aliphatic heterocycles. The topological polar surface area (TPSA) is 3.24 Å². The van der Waals surface area contributed by atoms with Crippen molar-refractivity contribution in [2.45, 2.75) is 19.3 Å². The Morgan fingerprint density at radius 2 is 0.677 bits per heavy atom. The SMILES string of the molecule is CC1(C)c2cc(-c3cccc4ccccc34)ccc2-c2ccc(N(c3ccc(-c4ccc(-c5ccccc5)cc4)cc3)c3ccc(-c4cccc(-c5ccccc5)c4)cc3)cc21. The Bertz CT molecular complexity index is 3210. The summed E-state index contributed by atoms with van der Waals surface area (Å²) < 4.78 is 0. The molecule has 10 aromatic rings. The van der Waals surface area contributed by atoms with E-state index in [2.05, 4.69) is 255 Å². The lowest BCUT2D eigenvalue weighted by atomic mass is 9.81. The predicted molar refractivity (Wildman–Crippen MR) is 263 cm³/mol. The smallest absolute Gasteiger partial charge is 0.0465 e. The third kappa shape index (κ3) is 6.69. The Labute approximate surface area is 364 Å². The summed E-state index contributed by atoms with van der Waals surface area (Å²) in [5.41, 5.74) is 20.7. The summed E-state index contributed by atoms with van der Waals surface area (Å²) >= 11 is 0. The molecule has 0 radical (unpaired) electrons. The molecule has 10 aromatic carbocycles. The molecule has 0 amide bonds. The van der Waals surface area contributed by atoms with Crippen LogP contribution in [0.2, 0.25) is 0 Å². The molecule has 0 atom stereocenters. The van der Waals surface area contributed by atoms with Crippen molar-refractivity contribution in [3.8, 4) is 66.8 Å². The number of hydrogen-bond donors (Lipinski definition) is 0. The van der Waals surface area contributed by atoms with E-state index in [1.165, 1.54) is 88.7 Å². The molecule has 1 aliphatic carbocycles. The summed E-state index contributed by atoms with van der Waals surface area (Å²) in [6.07, 6.45) is 0. The van der Waals surface area contributed by atoms with Crippen molar-refractivity contribution in [1.82, 2.24) is 0 Å². The number of hydrogen-bond acceptors (Lipinski definition) is 1. The lowest BCUT2D eigenvalue weighted by molar-refractivity contribution is 0.660. The van der Waals surface area contributed by atoms with Gasteiger partial charge in [-0.25, -0.2) is 0 Å². The first-order chi connectivity index (χ1) is 30.5. The van der Waals surface area contributed by atoms with Crippen LogP contribution in [0.15, 0.2) is 237 Å². The van der Waals surface area contributed by atoms with Crippen LogP contribution >= 0.6 is 0 Å². The van der Waals surface area contributed by atoms with Crippen LogP contribution in [0.5, 0.6) is 0 Å². The second kappa shape index (κ2) is 15.4. The largest absolute Gasteiger partial charge is 0.310 e. The second-order valence-corrected chi connectivity index (χ2v) is 17.0. The Balaban J connectivity index is 0.970. The quantitative estimate of drug-likeness (QED) is 0.148.